The molecule has 1 rings (SSSR count). The molecule has 0 heterocycles. The van der Waals surface area contributed by atoms with Crippen LogP contribution in [0, 0.1) is 5.92 Å². The van der Waals surface area contributed by atoms with Crippen LogP contribution in [0.4, 0.5) is 5.69 Å². The third-order valence-corrected chi connectivity index (χ3v) is 2.97. The predicted molar refractivity (Wildman–Crippen MR) is 71.4 cm³/mol. The summed E-state index contributed by atoms with van der Waals surface area (Å²) < 4.78 is 0. The fraction of sp³-hybridized carbons (Fsp3) is 0.571. The first-order valence-electron chi connectivity index (χ1n) is 6.14. The highest BCUT2D eigenvalue weighted by Crippen LogP contribution is 2.21. The molecule has 0 radical (unpaired) electrons. The predicted octanol–water partition coefficient (Wildman–Crippen LogP) is 3.31. The van der Waals surface area contributed by atoms with E-state index < -0.39 is 0 Å². The largest absolute Gasteiger partial charge is 0.399 e. The van der Waals surface area contributed by atoms with Crippen LogP contribution in [0.1, 0.15) is 39.3 Å². The maximum atomic E-state index is 5.70. The van der Waals surface area contributed by atoms with Gasteiger partial charge in [0.1, 0.15) is 0 Å². The zero-order valence-corrected chi connectivity index (χ0v) is 10.9. The Morgan fingerprint density at radius 3 is 2.12 bits per heavy atom. The van der Waals surface area contributed by atoms with E-state index in [2.05, 4.69) is 44.7 Å². The number of hydrogen-bond donors (Lipinski definition) is 1. The standard InChI is InChI=1S/C14H24N2/c1-5-16(10-11(2)3)12(4)13-6-8-14(15)9-7-13/h6-9,11-12H,5,10,15H2,1-4H3. The van der Waals surface area contributed by atoms with E-state index in [4.69, 9.17) is 5.73 Å². The number of anilines is 1. The van der Waals surface area contributed by atoms with Crippen LogP contribution >= 0.6 is 0 Å². The molecule has 16 heavy (non-hydrogen) atoms. The summed E-state index contributed by atoms with van der Waals surface area (Å²) in [6, 6.07) is 8.68. The monoisotopic (exact) mass is 220 g/mol. The number of benzene rings is 1. The number of nitrogen functional groups attached to an aromatic ring is 1. The van der Waals surface area contributed by atoms with Crippen LogP contribution < -0.4 is 5.73 Å². The van der Waals surface area contributed by atoms with Crippen molar-refractivity contribution in [3.8, 4) is 0 Å². The quantitative estimate of drug-likeness (QED) is 0.771. The van der Waals surface area contributed by atoms with Gasteiger partial charge in [-0.3, -0.25) is 4.90 Å². The molecule has 0 saturated heterocycles. The van der Waals surface area contributed by atoms with Gasteiger partial charge < -0.3 is 5.73 Å². The molecule has 0 saturated carbocycles. The summed E-state index contributed by atoms with van der Waals surface area (Å²) in [6.45, 7) is 11.2. The van der Waals surface area contributed by atoms with Gasteiger partial charge in [0.2, 0.25) is 0 Å². The van der Waals surface area contributed by atoms with Gasteiger partial charge in [0, 0.05) is 18.3 Å². The summed E-state index contributed by atoms with van der Waals surface area (Å²) in [7, 11) is 0. The molecule has 0 fully saturated rings. The van der Waals surface area contributed by atoms with Crippen molar-refractivity contribution >= 4 is 5.69 Å². The van der Waals surface area contributed by atoms with E-state index in [1.807, 2.05) is 12.1 Å². The maximum Gasteiger partial charge on any atom is 0.0319 e. The number of rotatable bonds is 5. The van der Waals surface area contributed by atoms with Crippen molar-refractivity contribution in [2.45, 2.75) is 33.7 Å². The summed E-state index contributed by atoms with van der Waals surface area (Å²) in [5, 5.41) is 0. The van der Waals surface area contributed by atoms with E-state index in [0.29, 0.717) is 12.0 Å². The molecule has 0 amide bonds. The first-order valence-corrected chi connectivity index (χ1v) is 6.14. The third kappa shape index (κ3) is 3.53. The first kappa shape index (κ1) is 13.0. The lowest BCUT2D eigenvalue weighted by molar-refractivity contribution is 0.197. The van der Waals surface area contributed by atoms with Gasteiger partial charge >= 0.3 is 0 Å². The van der Waals surface area contributed by atoms with Crippen molar-refractivity contribution in [3.05, 3.63) is 29.8 Å². The highest BCUT2D eigenvalue weighted by Gasteiger charge is 2.14. The molecule has 0 aliphatic rings. The Morgan fingerprint density at radius 2 is 1.69 bits per heavy atom. The summed E-state index contributed by atoms with van der Waals surface area (Å²) in [6.07, 6.45) is 0. The van der Waals surface area contributed by atoms with E-state index in [9.17, 15) is 0 Å². The van der Waals surface area contributed by atoms with Crippen molar-refractivity contribution in [3.63, 3.8) is 0 Å². The van der Waals surface area contributed by atoms with Gasteiger partial charge in [-0.05, 0) is 37.1 Å². The second-order valence-corrected chi connectivity index (χ2v) is 4.82. The zero-order valence-electron chi connectivity index (χ0n) is 10.9. The average molecular weight is 220 g/mol. The average Bonchev–Trinajstić information content (AvgIpc) is 2.25. The molecular formula is C14H24N2. The van der Waals surface area contributed by atoms with E-state index in [1.165, 1.54) is 5.56 Å². The van der Waals surface area contributed by atoms with Gasteiger partial charge in [-0.15, -0.1) is 0 Å². The Kier molecular flexibility index (Phi) is 4.81. The molecule has 1 aromatic carbocycles. The van der Waals surface area contributed by atoms with Crippen LogP contribution in [0.2, 0.25) is 0 Å². The molecule has 0 aliphatic heterocycles. The molecule has 0 spiro atoms. The molecule has 0 bridgehead atoms. The second-order valence-electron chi connectivity index (χ2n) is 4.82. The van der Waals surface area contributed by atoms with Crippen molar-refractivity contribution in [2.24, 2.45) is 5.92 Å². The number of nitrogens with two attached hydrogens (primary N) is 1. The molecule has 90 valence electrons. The van der Waals surface area contributed by atoms with Gasteiger partial charge in [0.05, 0.1) is 0 Å². The minimum absolute atomic E-state index is 0.466. The highest BCUT2D eigenvalue weighted by molar-refractivity contribution is 5.40. The van der Waals surface area contributed by atoms with Gasteiger partial charge in [-0.25, -0.2) is 0 Å². The highest BCUT2D eigenvalue weighted by atomic mass is 15.1. The molecule has 1 atom stereocenters. The third-order valence-electron chi connectivity index (χ3n) is 2.97. The van der Waals surface area contributed by atoms with Crippen LogP contribution in [0.5, 0.6) is 0 Å². The van der Waals surface area contributed by atoms with E-state index >= 15 is 0 Å². The van der Waals surface area contributed by atoms with E-state index in [-0.39, 0.29) is 0 Å². The molecular weight excluding hydrogens is 196 g/mol. The lowest BCUT2D eigenvalue weighted by atomic mass is 10.0. The SMILES string of the molecule is CCN(CC(C)C)C(C)c1ccc(N)cc1. The topological polar surface area (TPSA) is 29.3 Å². The fourth-order valence-corrected chi connectivity index (χ4v) is 2.02. The van der Waals surface area contributed by atoms with Crippen LogP contribution in [0.3, 0.4) is 0 Å². The Bertz CT molecular complexity index is 303. The van der Waals surface area contributed by atoms with Gasteiger partial charge in [0.15, 0.2) is 0 Å². The summed E-state index contributed by atoms with van der Waals surface area (Å²) in [5.41, 5.74) is 7.88. The maximum absolute atomic E-state index is 5.70. The van der Waals surface area contributed by atoms with Crippen molar-refractivity contribution in [1.29, 1.82) is 0 Å². The van der Waals surface area contributed by atoms with Crippen LogP contribution in [-0.4, -0.2) is 18.0 Å². The molecule has 0 aromatic heterocycles. The normalized spacial score (nSPS) is 13.4. The molecule has 2 heteroatoms. The van der Waals surface area contributed by atoms with Gasteiger partial charge in [-0.1, -0.05) is 32.9 Å². The van der Waals surface area contributed by atoms with Crippen molar-refractivity contribution in [1.82, 2.24) is 4.90 Å². The van der Waals surface area contributed by atoms with Crippen LogP contribution in [0.25, 0.3) is 0 Å². The van der Waals surface area contributed by atoms with Crippen molar-refractivity contribution < 1.29 is 0 Å². The van der Waals surface area contributed by atoms with Crippen LogP contribution in [0.15, 0.2) is 24.3 Å². The fourth-order valence-electron chi connectivity index (χ4n) is 2.02. The first-order chi connectivity index (χ1) is 7.54. The summed E-state index contributed by atoms with van der Waals surface area (Å²) in [5.74, 6) is 0.705. The number of hydrogen-bond acceptors (Lipinski definition) is 2. The van der Waals surface area contributed by atoms with Gasteiger partial charge in [-0.2, -0.15) is 0 Å². The van der Waals surface area contributed by atoms with Crippen LogP contribution in [-0.2, 0) is 0 Å². The summed E-state index contributed by atoms with van der Waals surface area (Å²) >= 11 is 0. The lowest BCUT2D eigenvalue weighted by Gasteiger charge is -2.29. The Balaban J connectivity index is 2.74. The summed E-state index contributed by atoms with van der Waals surface area (Å²) in [4.78, 5) is 2.50. The van der Waals surface area contributed by atoms with E-state index in [1.54, 1.807) is 0 Å². The van der Waals surface area contributed by atoms with Gasteiger partial charge in [0.25, 0.3) is 0 Å². The molecule has 0 aliphatic carbocycles. The lowest BCUT2D eigenvalue weighted by Crippen LogP contribution is -2.30. The Hall–Kier alpha value is -1.02. The molecule has 2 N–H and O–H groups in total. The van der Waals surface area contributed by atoms with E-state index in [0.717, 1.165) is 18.8 Å². The Labute approximate surface area is 99.5 Å². The zero-order chi connectivity index (χ0) is 12.1. The second kappa shape index (κ2) is 5.90. The van der Waals surface area contributed by atoms with Crippen molar-refractivity contribution in [2.75, 3.05) is 18.8 Å². The Morgan fingerprint density at radius 1 is 1.12 bits per heavy atom. The molecule has 2 nitrogen and oxygen atoms in total. The molecule has 1 aromatic rings. The minimum Gasteiger partial charge on any atom is -0.399 e. The molecule has 1 unspecified atom stereocenters. The smallest absolute Gasteiger partial charge is 0.0319 e. The number of nitrogens with zero attached hydrogens (tertiary/aromatic N) is 1. The minimum atomic E-state index is 0.466.